The van der Waals surface area contributed by atoms with Gasteiger partial charge in [-0.05, 0) is 24.1 Å². The van der Waals surface area contributed by atoms with Gasteiger partial charge in [-0.1, -0.05) is 44.0 Å². The van der Waals surface area contributed by atoms with Gasteiger partial charge >= 0.3 is 5.97 Å². The number of methoxy groups -OCH3 is 1. The Morgan fingerprint density at radius 1 is 1.41 bits per heavy atom. The van der Waals surface area contributed by atoms with Crippen molar-refractivity contribution in [3.05, 3.63) is 34.9 Å². The van der Waals surface area contributed by atoms with Gasteiger partial charge in [-0.25, -0.2) is 4.79 Å². The van der Waals surface area contributed by atoms with Crippen molar-refractivity contribution in [3.63, 3.8) is 0 Å². The molecule has 1 atom stereocenters. The summed E-state index contributed by atoms with van der Waals surface area (Å²) in [7, 11) is 1.34. The van der Waals surface area contributed by atoms with E-state index in [1.807, 2.05) is 6.07 Å². The average molecular weight is 364 g/mol. The van der Waals surface area contributed by atoms with Crippen molar-refractivity contribution >= 4 is 43.6 Å². The van der Waals surface area contributed by atoms with E-state index in [0.717, 1.165) is 11.1 Å². The molecule has 92 valence electrons. The van der Waals surface area contributed by atoms with Crippen LogP contribution in [0, 0.1) is 0 Å². The smallest absolute Gasteiger partial charge is 0.338 e. The first-order chi connectivity index (χ1) is 8.02. The predicted molar refractivity (Wildman–Crippen MR) is 72.8 cm³/mol. The third kappa shape index (κ3) is 3.16. The number of rotatable bonds is 4. The maximum Gasteiger partial charge on any atom is 0.338 e. The number of ketones is 1. The Balaban J connectivity index is 3.32. The normalized spacial score (nSPS) is 12.0. The number of benzene rings is 1. The Kier molecular flexibility index (Phi) is 5.33. The Hall–Kier alpha value is -0.680. The highest BCUT2D eigenvalue weighted by molar-refractivity contribution is 9.09. The lowest BCUT2D eigenvalue weighted by Gasteiger charge is -2.14. The fourth-order valence-corrected chi connectivity index (χ4v) is 2.57. The third-order valence-electron chi connectivity index (χ3n) is 2.38. The predicted octanol–water partition coefficient (Wildman–Crippen LogP) is 3.39. The Labute approximate surface area is 117 Å². The van der Waals surface area contributed by atoms with Gasteiger partial charge < -0.3 is 4.74 Å². The average Bonchev–Trinajstić information content (AvgIpc) is 2.35. The number of Topliss-reactive ketones (excluding diaryl/α,β-unsaturated/α-hetero) is 1. The molecule has 0 bridgehead atoms. The molecule has 0 aliphatic heterocycles. The summed E-state index contributed by atoms with van der Waals surface area (Å²) < 4.78 is 4.71. The molecule has 3 nitrogen and oxygen atoms in total. The van der Waals surface area contributed by atoms with Gasteiger partial charge in [0, 0.05) is 5.33 Å². The van der Waals surface area contributed by atoms with Crippen LogP contribution in [0.4, 0.5) is 0 Å². The second-order valence-corrected chi connectivity index (χ2v) is 4.95. The Bertz CT molecular complexity index is 443. The monoisotopic (exact) mass is 362 g/mol. The lowest BCUT2D eigenvalue weighted by Crippen LogP contribution is -2.10. The summed E-state index contributed by atoms with van der Waals surface area (Å²) in [6, 6.07) is 5.25. The van der Waals surface area contributed by atoms with Crippen LogP contribution < -0.4 is 0 Å². The fraction of sp³-hybridized carbons (Fsp3) is 0.333. The van der Waals surface area contributed by atoms with Crippen molar-refractivity contribution in [2.75, 3.05) is 7.11 Å². The van der Waals surface area contributed by atoms with Gasteiger partial charge in [0.1, 0.15) is 5.78 Å². The highest BCUT2D eigenvalue weighted by Gasteiger charge is 2.21. The van der Waals surface area contributed by atoms with E-state index in [0.29, 0.717) is 10.9 Å². The molecule has 0 aliphatic rings. The molecule has 5 heteroatoms. The molecule has 1 unspecified atom stereocenters. The molecular weight excluding hydrogens is 352 g/mol. The first-order valence-electron chi connectivity index (χ1n) is 4.93. The minimum atomic E-state index is -0.403. The summed E-state index contributed by atoms with van der Waals surface area (Å²) in [5.41, 5.74) is 2.04. The second-order valence-electron chi connectivity index (χ2n) is 3.47. The lowest BCUT2D eigenvalue weighted by atomic mass is 9.98. The van der Waals surface area contributed by atoms with E-state index >= 15 is 0 Å². The first-order valence-corrected chi connectivity index (χ1v) is 6.97. The molecule has 0 heterocycles. The maximum atomic E-state index is 11.6. The van der Waals surface area contributed by atoms with Gasteiger partial charge in [-0.15, -0.1) is 0 Å². The van der Waals surface area contributed by atoms with E-state index in [4.69, 9.17) is 4.74 Å². The summed E-state index contributed by atoms with van der Waals surface area (Å²) in [5, 5.41) is 0.489. The maximum absolute atomic E-state index is 11.6. The van der Waals surface area contributed by atoms with Gasteiger partial charge in [0.05, 0.1) is 17.5 Å². The van der Waals surface area contributed by atoms with Gasteiger partial charge in [0.25, 0.3) is 0 Å². The van der Waals surface area contributed by atoms with Crippen molar-refractivity contribution < 1.29 is 14.3 Å². The molecule has 0 aliphatic carbocycles. The zero-order valence-electron chi connectivity index (χ0n) is 9.50. The molecule has 1 rings (SSSR count). The van der Waals surface area contributed by atoms with E-state index in [1.54, 1.807) is 12.1 Å². The number of alkyl halides is 2. The second kappa shape index (κ2) is 6.31. The molecule has 0 saturated heterocycles. The molecule has 1 aromatic rings. The molecule has 1 aromatic carbocycles. The molecule has 0 radical (unpaired) electrons. The Morgan fingerprint density at radius 2 is 2.06 bits per heavy atom. The van der Waals surface area contributed by atoms with E-state index < -0.39 is 10.8 Å². The number of ether oxygens (including phenoxy) is 1. The number of halogens is 2. The van der Waals surface area contributed by atoms with E-state index in [9.17, 15) is 9.59 Å². The topological polar surface area (TPSA) is 43.4 Å². The molecule has 0 saturated carbocycles. The number of hydrogen-bond donors (Lipinski definition) is 0. The molecule has 0 amide bonds. The molecule has 0 N–H and O–H groups in total. The van der Waals surface area contributed by atoms with Crippen LogP contribution in [0.25, 0.3) is 0 Å². The Morgan fingerprint density at radius 3 is 2.53 bits per heavy atom. The summed E-state index contributed by atoms with van der Waals surface area (Å²) in [6.45, 7) is 1.50. The van der Waals surface area contributed by atoms with Gasteiger partial charge in [0.2, 0.25) is 0 Å². The van der Waals surface area contributed by atoms with Crippen LogP contribution in [0.15, 0.2) is 18.2 Å². The van der Waals surface area contributed by atoms with Crippen molar-refractivity contribution in [1.29, 1.82) is 0 Å². The standard InChI is InChI=1S/C12H12Br2O3/c1-7(15)11(14)8-4-3-5-9(10(8)6-13)12(16)17-2/h3-5,11H,6H2,1-2H3. The van der Waals surface area contributed by atoms with Crippen LogP contribution in [0.2, 0.25) is 0 Å². The van der Waals surface area contributed by atoms with Crippen LogP contribution in [0.3, 0.4) is 0 Å². The molecule has 0 fully saturated rings. The van der Waals surface area contributed by atoms with Crippen LogP contribution in [0.5, 0.6) is 0 Å². The van der Waals surface area contributed by atoms with Crippen molar-refractivity contribution in [2.45, 2.75) is 17.1 Å². The van der Waals surface area contributed by atoms with Crippen LogP contribution in [-0.4, -0.2) is 18.9 Å². The largest absolute Gasteiger partial charge is 0.465 e. The summed E-state index contributed by atoms with van der Waals surface area (Å²) in [5.74, 6) is -0.404. The minimum absolute atomic E-state index is 0.00536. The number of esters is 1. The summed E-state index contributed by atoms with van der Waals surface area (Å²) >= 11 is 6.66. The highest BCUT2D eigenvalue weighted by atomic mass is 79.9. The summed E-state index contributed by atoms with van der Waals surface area (Å²) in [6.07, 6.45) is 0. The van der Waals surface area contributed by atoms with E-state index in [2.05, 4.69) is 31.9 Å². The minimum Gasteiger partial charge on any atom is -0.465 e. The van der Waals surface area contributed by atoms with Gasteiger partial charge in [-0.2, -0.15) is 0 Å². The number of hydrogen-bond acceptors (Lipinski definition) is 3. The molecule has 17 heavy (non-hydrogen) atoms. The van der Waals surface area contributed by atoms with Crippen LogP contribution in [0.1, 0.15) is 33.2 Å². The van der Waals surface area contributed by atoms with E-state index in [-0.39, 0.29) is 5.78 Å². The highest BCUT2D eigenvalue weighted by Crippen LogP contribution is 2.30. The lowest BCUT2D eigenvalue weighted by molar-refractivity contribution is -0.116. The molecule has 0 aromatic heterocycles. The quantitative estimate of drug-likeness (QED) is 0.608. The van der Waals surface area contributed by atoms with Crippen LogP contribution in [-0.2, 0) is 14.9 Å². The SMILES string of the molecule is COC(=O)c1cccc(C(Br)C(C)=O)c1CBr. The summed E-state index contributed by atoms with van der Waals surface area (Å²) in [4.78, 5) is 22.6. The number of carbonyl (C=O) groups excluding carboxylic acids is 2. The van der Waals surface area contributed by atoms with Gasteiger partial charge in [-0.3, -0.25) is 4.79 Å². The van der Waals surface area contributed by atoms with Crippen molar-refractivity contribution in [1.82, 2.24) is 0 Å². The molecule has 0 spiro atoms. The number of carbonyl (C=O) groups is 2. The third-order valence-corrected chi connectivity index (χ3v) is 4.08. The first kappa shape index (κ1) is 14.4. The van der Waals surface area contributed by atoms with Gasteiger partial charge in [0.15, 0.2) is 0 Å². The van der Waals surface area contributed by atoms with Crippen molar-refractivity contribution in [3.8, 4) is 0 Å². The van der Waals surface area contributed by atoms with Crippen molar-refractivity contribution in [2.24, 2.45) is 0 Å². The molecular formula is C12H12Br2O3. The van der Waals surface area contributed by atoms with Crippen LogP contribution >= 0.6 is 31.9 Å². The zero-order chi connectivity index (χ0) is 13.0. The fourth-order valence-electron chi connectivity index (χ4n) is 1.51. The van der Waals surface area contributed by atoms with E-state index in [1.165, 1.54) is 14.0 Å². The zero-order valence-corrected chi connectivity index (χ0v) is 12.7.